The maximum absolute atomic E-state index is 12.3. The van der Waals surface area contributed by atoms with Crippen LogP contribution in [0.1, 0.15) is 10.4 Å². The zero-order valence-corrected chi connectivity index (χ0v) is 12.4. The van der Waals surface area contributed by atoms with Crippen molar-refractivity contribution in [3.63, 3.8) is 0 Å². The van der Waals surface area contributed by atoms with Crippen molar-refractivity contribution in [1.82, 2.24) is 4.90 Å². The molecule has 0 N–H and O–H groups in total. The summed E-state index contributed by atoms with van der Waals surface area (Å²) in [5.74, 6) is -0.234. The number of ether oxygens (including phenoxy) is 1. The number of rotatable bonds is 7. The van der Waals surface area contributed by atoms with E-state index in [1.165, 1.54) is 24.1 Å². The van der Waals surface area contributed by atoms with Gasteiger partial charge in [0, 0.05) is 37.2 Å². The maximum atomic E-state index is 12.3. The van der Waals surface area contributed by atoms with E-state index < -0.39 is 10.8 Å². The fourth-order valence-electron chi connectivity index (χ4n) is 1.63. The van der Waals surface area contributed by atoms with Crippen LogP contribution in [0.3, 0.4) is 0 Å². The second-order valence-electron chi connectivity index (χ2n) is 3.89. The molecule has 0 spiro atoms. The Morgan fingerprint density at radius 1 is 1.45 bits per heavy atom. The smallest absolute Gasteiger partial charge is 0.283 e. The third-order valence-corrected chi connectivity index (χ3v) is 3.00. The minimum Gasteiger partial charge on any atom is -0.383 e. The molecule has 1 rings (SSSR count). The summed E-state index contributed by atoms with van der Waals surface area (Å²) >= 11 is 11.4. The minimum atomic E-state index is -0.631. The fourth-order valence-corrected chi connectivity index (χ4v) is 2.00. The largest absolute Gasteiger partial charge is 0.383 e. The van der Waals surface area contributed by atoms with E-state index in [2.05, 4.69) is 0 Å². The number of nitro groups is 1. The predicted octanol–water partition coefficient (Wildman–Crippen LogP) is 2.58. The lowest BCUT2D eigenvalue weighted by atomic mass is 10.1. The van der Waals surface area contributed by atoms with E-state index in [1.54, 1.807) is 0 Å². The Bertz CT molecular complexity index is 496. The summed E-state index contributed by atoms with van der Waals surface area (Å²) in [7, 11) is 1.51. The molecule has 0 unspecified atom stereocenters. The van der Waals surface area contributed by atoms with Gasteiger partial charge in [0.25, 0.3) is 11.6 Å². The SMILES string of the molecule is COCCN(CCCl)C(=O)c1ccc(Cl)cc1[N+](=O)[O-]. The minimum absolute atomic E-state index is 0.0133. The summed E-state index contributed by atoms with van der Waals surface area (Å²) in [6.45, 7) is 0.912. The molecule has 0 aliphatic carbocycles. The van der Waals surface area contributed by atoms with Gasteiger partial charge in [0.15, 0.2) is 0 Å². The van der Waals surface area contributed by atoms with E-state index in [1.807, 2.05) is 0 Å². The molecule has 0 aliphatic rings. The highest BCUT2D eigenvalue weighted by Crippen LogP contribution is 2.24. The van der Waals surface area contributed by atoms with Crippen LogP contribution in [0.2, 0.25) is 5.02 Å². The lowest BCUT2D eigenvalue weighted by Crippen LogP contribution is -2.35. The number of halogens is 2. The van der Waals surface area contributed by atoms with Gasteiger partial charge in [-0.15, -0.1) is 11.6 Å². The van der Waals surface area contributed by atoms with Crippen LogP contribution in [0, 0.1) is 10.1 Å². The third-order valence-electron chi connectivity index (χ3n) is 2.59. The summed E-state index contributed by atoms with van der Waals surface area (Å²) in [5.41, 5.74) is -0.333. The number of hydrogen-bond donors (Lipinski definition) is 0. The molecule has 8 heteroatoms. The van der Waals surface area contributed by atoms with Crippen molar-refractivity contribution < 1.29 is 14.5 Å². The molecule has 0 saturated heterocycles. The highest BCUT2D eigenvalue weighted by atomic mass is 35.5. The van der Waals surface area contributed by atoms with E-state index in [9.17, 15) is 14.9 Å². The van der Waals surface area contributed by atoms with Gasteiger partial charge in [0.05, 0.1) is 11.5 Å². The number of carbonyl (C=O) groups excluding carboxylic acids is 1. The molecular formula is C12H14Cl2N2O4. The molecule has 0 radical (unpaired) electrons. The van der Waals surface area contributed by atoms with Gasteiger partial charge in [0.2, 0.25) is 0 Å². The van der Waals surface area contributed by atoms with E-state index in [0.717, 1.165) is 6.07 Å². The van der Waals surface area contributed by atoms with E-state index in [-0.39, 0.29) is 28.7 Å². The first kappa shape index (κ1) is 16.7. The topological polar surface area (TPSA) is 72.7 Å². The van der Waals surface area contributed by atoms with Crippen LogP contribution >= 0.6 is 23.2 Å². The number of methoxy groups -OCH3 is 1. The molecule has 20 heavy (non-hydrogen) atoms. The van der Waals surface area contributed by atoms with Gasteiger partial charge >= 0.3 is 0 Å². The molecule has 110 valence electrons. The Morgan fingerprint density at radius 3 is 2.70 bits per heavy atom. The number of hydrogen-bond acceptors (Lipinski definition) is 4. The zero-order valence-electron chi connectivity index (χ0n) is 10.8. The van der Waals surface area contributed by atoms with Crippen molar-refractivity contribution in [2.24, 2.45) is 0 Å². The number of amides is 1. The van der Waals surface area contributed by atoms with E-state index in [0.29, 0.717) is 13.2 Å². The van der Waals surface area contributed by atoms with Gasteiger partial charge in [-0.05, 0) is 12.1 Å². The molecular weight excluding hydrogens is 307 g/mol. The Balaban J connectivity index is 3.07. The molecule has 0 fully saturated rings. The highest BCUT2D eigenvalue weighted by Gasteiger charge is 2.24. The van der Waals surface area contributed by atoms with Crippen molar-refractivity contribution in [3.05, 3.63) is 38.9 Å². The lowest BCUT2D eigenvalue weighted by Gasteiger charge is -2.21. The zero-order chi connectivity index (χ0) is 15.1. The summed E-state index contributed by atoms with van der Waals surface area (Å²) in [5, 5.41) is 11.2. The highest BCUT2D eigenvalue weighted by molar-refractivity contribution is 6.31. The molecule has 0 aromatic heterocycles. The Kier molecular flexibility index (Phi) is 6.70. The normalized spacial score (nSPS) is 10.3. The molecule has 0 heterocycles. The van der Waals surface area contributed by atoms with Crippen LogP contribution in [-0.2, 0) is 4.74 Å². The number of carbonyl (C=O) groups is 1. The van der Waals surface area contributed by atoms with Crippen molar-refractivity contribution in [1.29, 1.82) is 0 Å². The average Bonchev–Trinajstić information content (AvgIpc) is 2.42. The molecule has 1 aromatic carbocycles. The lowest BCUT2D eigenvalue weighted by molar-refractivity contribution is -0.385. The van der Waals surface area contributed by atoms with Crippen LogP contribution in [0.5, 0.6) is 0 Å². The average molecular weight is 321 g/mol. The van der Waals surface area contributed by atoms with Crippen LogP contribution < -0.4 is 0 Å². The molecule has 0 aliphatic heterocycles. The molecule has 6 nitrogen and oxygen atoms in total. The third kappa shape index (κ3) is 4.33. The number of alkyl halides is 1. The maximum Gasteiger partial charge on any atom is 0.283 e. The van der Waals surface area contributed by atoms with Crippen molar-refractivity contribution in [2.45, 2.75) is 0 Å². The van der Waals surface area contributed by atoms with E-state index >= 15 is 0 Å². The quantitative estimate of drug-likeness (QED) is 0.439. The van der Waals surface area contributed by atoms with Crippen LogP contribution in [0.4, 0.5) is 5.69 Å². The summed E-state index contributed by atoms with van der Waals surface area (Å²) in [6, 6.07) is 3.94. The molecule has 1 amide bonds. The number of nitro benzene ring substituents is 1. The van der Waals surface area contributed by atoms with Crippen LogP contribution in [0.15, 0.2) is 18.2 Å². The van der Waals surface area contributed by atoms with Crippen LogP contribution in [-0.4, -0.2) is 48.4 Å². The molecule has 0 saturated carbocycles. The van der Waals surface area contributed by atoms with Gasteiger partial charge in [-0.3, -0.25) is 14.9 Å². The first-order valence-corrected chi connectivity index (χ1v) is 6.70. The van der Waals surface area contributed by atoms with Gasteiger partial charge in [-0.25, -0.2) is 0 Å². The van der Waals surface area contributed by atoms with Gasteiger partial charge in [0.1, 0.15) is 5.56 Å². The first-order chi connectivity index (χ1) is 9.51. The molecule has 0 bridgehead atoms. The Morgan fingerprint density at radius 2 is 2.15 bits per heavy atom. The molecule has 0 atom stereocenters. The Hall–Kier alpha value is -1.37. The number of benzene rings is 1. The monoisotopic (exact) mass is 320 g/mol. The standard InChI is InChI=1S/C12H14Cl2N2O4/c1-20-7-6-15(5-4-13)12(17)10-3-2-9(14)8-11(10)16(18)19/h2-3,8H,4-7H2,1H3. The summed E-state index contributed by atoms with van der Waals surface area (Å²) in [4.78, 5) is 24.1. The summed E-state index contributed by atoms with van der Waals surface area (Å²) < 4.78 is 4.91. The van der Waals surface area contributed by atoms with E-state index in [4.69, 9.17) is 27.9 Å². The van der Waals surface area contributed by atoms with Crippen molar-refractivity contribution in [3.8, 4) is 0 Å². The fraction of sp³-hybridized carbons (Fsp3) is 0.417. The Labute approximate surface area is 126 Å². The van der Waals surface area contributed by atoms with Crippen LogP contribution in [0.25, 0.3) is 0 Å². The van der Waals surface area contributed by atoms with Gasteiger partial charge in [-0.2, -0.15) is 0 Å². The second kappa shape index (κ2) is 8.04. The number of nitrogens with zero attached hydrogens (tertiary/aromatic N) is 2. The second-order valence-corrected chi connectivity index (χ2v) is 4.71. The molecule has 1 aromatic rings. The van der Waals surface area contributed by atoms with Gasteiger partial charge in [-0.1, -0.05) is 11.6 Å². The van der Waals surface area contributed by atoms with Crippen molar-refractivity contribution in [2.75, 3.05) is 32.7 Å². The van der Waals surface area contributed by atoms with Gasteiger partial charge < -0.3 is 9.64 Å². The first-order valence-electron chi connectivity index (χ1n) is 5.79. The predicted molar refractivity (Wildman–Crippen MR) is 76.6 cm³/mol. The van der Waals surface area contributed by atoms with Crippen molar-refractivity contribution >= 4 is 34.8 Å². The summed E-state index contributed by atoms with van der Waals surface area (Å²) in [6.07, 6.45) is 0.